The first kappa shape index (κ1) is 22.1. The fourth-order valence-corrected chi connectivity index (χ4v) is 4.84. The average molecular weight is 435 g/mol. The number of dihydropyridines is 1. The molecule has 1 N–H and O–H groups in total. The van der Waals surface area contributed by atoms with Gasteiger partial charge in [-0.1, -0.05) is 18.2 Å². The Kier molecular flexibility index (Phi) is 5.99. The number of rotatable bonds is 5. The molecule has 1 aromatic carbocycles. The molecule has 1 aromatic rings. The van der Waals surface area contributed by atoms with Crippen LogP contribution in [-0.2, 0) is 5.60 Å². The van der Waals surface area contributed by atoms with Crippen LogP contribution in [0, 0.1) is 11.8 Å². The Labute approximate surface area is 180 Å². The highest BCUT2D eigenvalue weighted by molar-refractivity contribution is 5.95. The number of allylic oxidation sites excluding steroid dienone is 1. The van der Waals surface area contributed by atoms with Crippen molar-refractivity contribution < 1.29 is 23.1 Å². The Morgan fingerprint density at radius 2 is 1.61 bits per heavy atom. The van der Waals surface area contributed by atoms with Crippen molar-refractivity contribution in [3.05, 3.63) is 47.5 Å². The summed E-state index contributed by atoms with van der Waals surface area (Å²) in [5.74, 6) is 0.946. The molecular weight excluding hydrogens is 405 g/mol. The molecule has 1 unspecified atom stereocenters. The maximum Gasteiger partial charge on any atom is 0.421 e. The van der Waals surface area contributed by atoms with E-state index in [4.69, 9.17) is 0 Å². The summed E-state index contributed by atoms with van der Waals surface area (Å²) in [4.78, 5) is 19.6. The zero-order valence-corrected chi connectivity index (χ0v) is 17.7. The van der Waals surface area contributed by atoms with Gasteiger partial charge < -0.3 is 10.0 Å². The number of alkyl halides is 3. The largest absolute Gasteiger partial charge is 0.421 e. The van der Waals surface area contributed by atoms with Gasteiger partial charge >= 0.3 is 6.18 Å². The minimum atomic E-state index is -4.78. The van der Waals surface area contributed by atoms with Crippen LogP contribution in [-0.4, -0.2) is 46.9 Å². The molecule has 7 heteroatoms. The quantitative estimate of drug-likeness (QED) is 0.718. The van der Waals surface area contributed by atoms with E-state index in [2.05, 4.69) is 11.1 Å². The Balaban J connectivity index is 1.44. The number of aliphatic imine (C=N–C) groups is 1. The summed E-state index contributed by atoms with van der Waals surface area (Å²) in [5.41, 5.74) is -2.83. The normalized spacial score (nSPS) is 28.2. The van der Waals surface area contributed by atoms with Gasteiger partial charge in [-0.05, 0) is 81.1 Å². The van der Waals surface area contributed by atoms with E-state index in [1.54, 1.807) is 0 Å². The zero-order valence-electron chi connectivity index (χ0n) is 17.7. The summed E-state index contributed by atoms with van der Waals surface area (Å²) in [7, 11) is 0. The molecule has 168 valence electrons. The van der Waals surface area contributed by atoms with Crippen LogP contribution in [0.15, 0.2) is 41.4 Å². The first-order chi connectivity index (χ1) is 14.7. The van der Waals surface area contributed by atoms with E-state index in [9.17, 15) is 23.1 Å². The Bertz CT molecular complexity index is 849. The first-order valence-electron chi connectivity index (χ1n) is 11.1. The van der Waals surface area contributed by atoms with Crippen LogP contribution in [0.1, 0.15) is 61.4 Å². The molecule has 1 aliphatic heterocycles. The lowest BCUT2D eigenvalue weighted by atomic mass is 9.77. The SMILES string of the molecule is C[C@](O)(c1ccc(C(=O)N(C2CCC(C3C=CC=NC3)CC2)C2CC2)cc1)C(F)(F)F. The van der Waals surface area contributed by atoms with Crippen LogP contribution in [0.4, 0.5) is 13.2 Å². The molecule has 0 aromatic heterocycles. The molecule has 4 nitrogen and oxygen atoms in total. The molecule has 2 aliphatic carbocycles. The number of benzene rings is 1. The summed E-state index contributed by atoms with van der Waals surface area (Å²) < 4.78 is 39.3. The van der Waals surface area contributed by atoms with E-state index >= 15 is 0 Å². The van der Waals surface area contributed by atoms with Gasteiger partial charge in [0.1, 0.15) is 0 Å². The van der Waals surface area contributed by atoms with Crippen LogP contribution in [0.2, 0.25) is 0 Å². The van der Waals surface area contributed by atoms with Crippen molar-refractivity contribution in [2.24, 2.45) is 16.8 Å². The van der Waals surface area contributed by atoms with Crippen LogP contribution in [0.3, 0.4) is 0 Å². The van der Waals surface area contributed by atoms with Crippen LogP contribution in [0.25, 0.3) is 0 Å². The summed E-state index contributed by atoms with van der Waals surface area (Å²) in [6.45, 7) is 1.57. The second-order valence-electron chi connectivity index (χ2n) is 9.22. The molecule has 1 heterocycles. The zero-order chi connectivity index (χ0) is 22.2. The Morgan fingerprint density at radius 1 is 1.03 bits per heavy atom. The van der Waals surface area contributed by atoms with Gasteiger partial charge in [-0.15, -0.1) is 0 Å². The summed E-state index contributed by atoms with van der Waals surface area (Å²) in [5, 5.41) is 9.86. The van der Waals surface area contributed by atoms with E-state index in [0.717, 1.165) is 52.0 Å². The molecule has 2 fully saturated rings. The fraction of sp³-hybridized carbons (Fsp3) is 0.583. The average Bonchev–Trinajstić information content (AvgIpc) is 3.59. The van der Waals surface area contributed by atoms with Gasteiger partial charge in [-0.2, -0.15) is 13.2 Å². The lowest BCUT2D eigenvalue weighted by molar-refractivity contribution is -0.258. The lowest BCUT2D eigenvalue weighted by Crippen LogP contribution is -2.44. The number of amides is 1. The number of halogens is 3. The van der Waals surface area contributed by atoms with Crippen LogP contribution in [0.5, 0.6) is 0 Å². The second kappa shape index (κ2) is 8.41. The number of aliphatic hydroxyl groups is 1. The number of hydrogen-bond donors (Lipinski definition) is 1. The molecule has 1 amide bonds. The van der Waals surface area contributed by atoms with E-state index < -0.39 is 11.8 Å². The monoisotopic (exact) mass is 434 g/mol. The Morgan fingerprint density at radius 3 is 2.10 bits per heavy atom. The van der Waals surface area contributed by atoms with Crippen molar-refractivity contribution in [1.82, 2.24) is 4.90 Å². The Hall–Kier alpha value is -2.15. The van der Waals surface area contributed by atoms with Crippen LogP contribution < -0.4 is 0 Å². The smallest absolute Gasteiger partial charge is 0.376 e. The standard InChI is InChI=1S/C24H29F3N2O2/c1-23(31,24(25,26)27)19-8-4-17(5-9-19)22(30)29(21-12-13-21)20-10-6-16(7-11-20)18-3-2-14-28-15-18/h2-5,8-9,14,16,18,20-21,31H,6-7,10-13,15H2,1H3/t16?,18?,20?,23-/m0/s1. The molecule has 2 saturated carbocycles. The highest BCUT2D eigenvalue weighted by Gasteiger charge is 2.51. The highest BCUT2D eigenvalue weighted by Crippen LogP contribution is 2.40. The van der Waals surface area contributed by atoms with Gasteiger partial charge in [-0.3, -0.25) is 9.79 Å². The number of carbonyl (C=O) groups excluding carboxylic acids is 1. The van der Waals surface area contributed by atoms with Crippen molar-refractivity contribution in [1.29, 1.82) is 0 Å². The van der Waals surface area contributed by atoms with E-state index in [1.807, 2.05) is 17.2 Å². The van der Waals surface area contributed by atoms with E-state index in [-0.39, 0.29) is 23.6 Å². The third-order valence-corrected chi connectivity index (χ3v) is 7.03. The molecule has 0 saturated heterocycles. The molecule has 31 heavy (non-hydrogen) atoms. The van der Waals surface area contributed by atoms with E-state index in [1.165, 1.54) is 24.3 Å². The molecule has 0 spiro atoms. The van der Waals surface area contributed by atoms with Gasteiger partial charge in [0.15, 0.2) is 5.60 Å². The summed E-state index contributed by atoms with van der Waals surface area (Å²) in [6.07, 6.45) is 7.27. The summed E-state index contributed by atoms with van der Waals surface area (Å²) in [6, 6.07) is 5.63. The maximum atomic E-state index is 13.3. The number of hydrogen-bond acceptors (Lipinski definition) is 3. The second-order valence-corrected chi connectivity index (χ2v) is 9.22. The molecular formula is C24H29F3N2O2. The topological polar surface area (TPSA) is 52.9 Å². The van der Waals surface area contributed by atoms with Crippen molar-refractivity contribution in [2.75, 3.05) is 6.54 Å². The predicted molar refractivity (Wildman–Crippen MR) is 113 cm³/mol. The van der Waals surface area contributed by atoms with Crippen molar-refractivity contribution in [3.63, 3.8) is 0 Å². The number of carbonyl (C=O) groups is 1. The highest BCUT2D eigenvalue weighted by atomic mass is 19.4. The third kappa shape index (κ3) is 4.56. The van der Waals surface area contributed by atoms with E-state index in [0.29, 0.717) is 17.4 Å². The molecule has 3 aliphatic rings. The minimum absolute atomic E-state index is 0.119. The number of nitrogens with zero attached hydrogens (tertiary/aromatic N) is 2. The fourth-order valence-electron chi connectivity index (χ4n) is 4.84. The first-order valence-corrected chi connectivity index (χ1v) is 11.1. The van der Waals surface area contributed by atoms with Crippen molar-refractivity contribution in [3.8, 4) is 0 Å². The van der Waals surface area contributed by atoms with Gasteiger partial charge in [0.25, 0.3) is 5.91 Å². The van der Waals surface area contributed by atoms with Crippen molar-refractivity contribution >= 4 is 12.1 Å². The van der Waals surface area contributed by atoms with Crippen molar-refractivity contribution in [2.45, 2.75) is 69.3 Å². The molecule has 4 rings (SSSR count). The van der Waals surface area contributed by atoms with Gasteiger partial charge in [0, 0.05) is 30.4 Å². The van der Waals surface area contributed by atoms with Gasteiger partial charge in [0.05, 0.1) is 0 Å². The maximum absolute atomic E-state index is 13.3. The molecule has 2 atom stereocenters. The molecule has 0 bridgehead atoms. The third-order valence-electron chi connectivity index (χ3n) is 7.03. The van der Waals surface area contributed by atoms with Gasteiger partial charge in [0.2, 0.25) is 0 Å². The van der Waals surface area contributed by atoms with Gasteiger partial charge in [-0.25, -0.2) is 0 Å². The minimum Gasteiger partial charge on any atom is -0.376 e. The molecule has 0 radical (unpaired) electrons. The predicted octanol–water partition coefficient (Wildman–Crippen LogP) is 4.88. The van der Waals surface area contributed by atoms with Crippen LogP contribution >= 0.6 is 0 Å². The summed E-state index contributed by atoms with van der Waals surface area (Å²) >= 11 is 0. The lowest BCUT2D eigenvalue weighted by Gasteiger charge is -2.39.